The topological polar surface area (TPSA) is 66.5 Å². The second-order valence-corrected chi connectivity index (χ2v) is 8.84. The summed E-state index contributed by atoms with van der Waals surface area (Å²) in [6.45, 7) is 9.30. The Morgan fingerprint density at radius 2 is 1.78 bits per heavy atom. The van der Waals surface area contributed by atoms with Crippen molar-refractivity contribution < 1.29 is 13.2 Å². The van der Waals surface area contributed by atoms with Crippen LogP contribution in [0.2, 0.25) is 0 Å². The number of benzene rings is 2. The van der Waals surface area contributed by atoms with Crippen molar-refractivity contribution in [1.29, 1.82) is 0 Å². The number of carbonyl (C=O) groups is 1. The largest absolute Gasteiger partial charge is 0.324 e. The third-order valence-electron chi connectivity index (χ3n) is 4.68. The van der Waals surface area contributed by atoms with E-state index in [-0.39, 0.29) is 5.91 Å². The van der Waals surface area contributed by atoms with Gasteiger partial charge in [-0.3, -0.25) is 9.10 Å². The van der Waals surface area contributed by atoms with E-state index >= 15 is 0 Å². The second-order valence-electron chi connectivity index (χ2n) is 6.98. The lowest BCUT2D eigenvalue weighted by Gasteiger charge is -2.30. The van der Waals surface area contributed by atoms with Crippen LogP contribution < -0.4 is 9.62 Å². The molecule has 0 spiro atoms. The Labute approximate surface area is 162 Å². The van der Waals surface area contributed by atoms with E-state index in [9.17, 15) is 13.2 Å². The molecule has 0 fully saturated rings. The fourth-order valence-corrected chi connectivity index (χ4v) is 4.39. The molecule has 0 saturated carbocycles. The molecule has 1 amide bonds. The maximum absolute atomic E-state index is 13.0. The quantitative estimate of drug-likeness (QED) is 0.814. The first-order valence-electron chi connectivity index (χ1n) is 9.02. The molecule has 146 valence electrons. The van der Waals surface area contributed by atoms with Gasteiger partial charge in [-0.1, -0.05) is 37.3 Å². The lowest BCUT2D eigenvalue weighted by molar-refractivity contribution is -0.116. The monoisotopic (exact) mass is 388 g/mol. The lowest BCUT2D eigenvalue weighted by atomic mass is 10.1. The molecule has 2 rings (SSSR count). The normalized spacial score (nSPS) is 12.5. The third kappa shape index (κ3) is 4.69. The van der Waals surface area contributed by atoms with E-state index in [0.717, 1.165) is 40.6 Å². The average molecular weight is 389 g/mol. The van der Waals surface area contributed by atoms with Crippen LogP contribution >= 0.6 is 0 Å². The Morgan fingerprint density at radius 3 is 2.37 bits per heavy atom. The van der Waals surface area contributed by atoms with Gasteiger partial charge in [-0.05, 0) is 62.4 Å². The molecule has 0 aromatic heterocycles. The van der Waals surface area contributed by atoms with Crippen LogP contribution in [0.25, 0.3) is 0 Å². The van der Waals surface area contributed by atoms with Gasteiger partial charge in [-0.2, -0.15) is 0 Å². The molecule has 0 aliphatic heterocycles. The van der Waals surface area contributed by atoms with Gasteiger partial charge in [0.15, 0.2) is 0 Å². The number of sulfonamides is 1. The van der Waals surface area contributed by atoms with E-state index in [1.165, 1.54) is 4.31 Å². The molecule has 0 aliphatic carbocycles. The van der Waals surface area contributed by atoms with E-state index in [2.05, 4.69) is 5.32 Å². The molecule has 2 aromatic carbocycles. The van der Waals surface area contributed by atoms with Crippen LogP contribution in [-0.4, -0.2) is 26.6 Å². The molecule has 0 aliphatic rings. The van der Waals surface area contributed by atoms with Crippen LogP contribution in [0.3, 0.4) is 0 Å². The van der Waals surface area contributed by atoms with E-state index in [0.29, 0.717) is 5.69 Å². The van der Waals surface area contributed by atoms with E-state index < -0.39 is 16.1 Å². The first kappa shape index (κ1) is 21.0. The van der Waals surface area contributed by atoms with Gasteiger partial charge < -0.3 is 5.32 Å². The summed E-state index contributed by atoms with van der Waals surface area (Å²) in [5.74, 6) is -0.356. The van der Waals surface area contributed by atoms with Crippen LogP contribution in [0.1, 0.15) is 36.1 Å². The smallest absolute Gasteiger partial charge is 0.248 e. The first-order valence-corrected chi connectivity index (χ1v) is 10.9. The number of nitrogens with zero attached hydrogens (tertiary/aromatic N) is 1. The molecule has 0 unspecified atom stereocenters. The average Bonchev–Trinajstić information content (AvgIpc) is 2.58. The summed E-state index contributed by atoms with van der Waals surface area (Å²) in [6.07, 6.45) is 1.91. The highest BCUT2D eigenvalue weighted by Gasteiger charge is 2.30. The summed E-state index contributed by atoms with van der Waals surface area (Å²) in [6, 6.07) is 10.5. The molecular weight excluding hydrogens is 360 g/mol. The predicted molar refractivity (Wildman–Crippen MR) is 112 cm³/mol. The highest BCUT2D eigenvalue weighted by Crippen LogP contribution is 2.27. The molecular formula is C21H28N2O3S. The fourth-order valence-electron chi connectivity index (χ4n) is 3.17. The van der Waals surface area contributed by atoms with Crippen LogP contribution in [0.5, 0.6) is 0 Å². The number of anilines is 2. The Bertz CT molecular complexity index is 952. The van der Waals surface area contributed by atoms with Crippen molar-refractivity contribution in [2.45, 2.75) is 47.1 Å². The summed E-state index contributed by atoms with van der Waals surface area (Å²) >= 11 is 0. The molecule has 0 radical (unpaired) electrons. The van der Waals surface area contributed by atoms with Crippen molar-refractivity contribution in [2.24, 2.45) is 0 Å². The lowest BCUT2D eigenvalue weighted by Crippen LogP contribution is -2.45. The van der Waals surface area contributed by atoms with Gasteiger partial charge in [-0.15, -0.1) is 0 Å². The Balaban J connectivity index is 2.44. The molecule has 1 N–H and O–H groups in total. The number of hydrogen-bond donors (Lipinski definition) is 1. The molecule has 0 heterocycles. The zero-order chi connectivity index (χ0) is 20.4. The van der Waals surface area contributed by atoms with E-state index in [4.69, 9.17) is 0 Å². The van der Waals surface area contributed by atoms with Gasteiger partial charge in [0.05, 0.1) is 11.9 Å². The summed E-state index contributed by atoms with van der Waals surface area (Å²) < 4.78 is 26.3. The van der Waals surface area contributed by atoms with Crippen molar-refractivity contribution in [2.75, 3.05) is 15.9 Å². The molecule has 27 heavy (non-hydrogen) atoms. The van der Waals surface area contributed by atoms with Gasteiger partial charge in [0.1, 0.15) is 6.04 Å². The van der Waals surface area contributed by atoms with E-state index in [1.807, 2.05) is 58.0 Å². The standard InChI is InChI=1S/C21H28N2O3S/c1-7-18-10-8-9-16(4)20(18)22-21(24)17(5)23(27(6,25)26)19-13-14(2)11-12-15(19)3/h8-13,17H,7H2,1-6H3,(H,22,24)/t17-/m0/s1. The molecule has 1 atom stereocenters. The third-order valence-corrected chi connectivity index (χ3v) is 5.91. The zero-order valence-corrected chi connectivity index (χ0v) is 17.6. The number of para-hydroxylation sites is 1. The number of nitrogens with one attached hydrogen (secondary N) is 1. The number of carbonyl (C=O) groups excluding carboxylic acids is 1. The number of amides is 1. The van der Waals surface area contributed by atoms with Gasteiger partial charge in [-0.25, -0.2) is 8.42 Å². The summed E-state index contributed by atoms with van der Waals surface area (Å²) in [5.41, 5.74) is 4.99. The fraction of sp³-hybridized carbons (Fsp3) is 0.381. The minimum absolute atomic E-state index is 0.356. The highest BCUT2D eigenvalue weighted by molar-refractivity contribution is 7.92. The van der Waals surface area contributed by atoms with Gasteiger partial charge in [0, 0.05) is 5.69 Å². The molecule has 5 nitrogen and oxygen atoms in total. The van der Waals surface area contributed by atoms with Crippen LogP contribution in [0, 0.1) is 20.8 Å². The maximum Gasteiger partial charge on any atom is 0.248 e. The minimum Gasteiger partial charge on any atom is -0.324 e. The van der Waals surface area contributed by atoms with Gasteiger partial charge >= 0.3 is 0 Å². The SMILES string of the molecule is CCc1cccc(C)c1NC(=O)[C@H](C)N(c1cc(C)ccc1C)S(C)(=O)=O. The Kier molecular flexibility index (Phi) is 6.31. The predicted octanol–water partition coefficient (Wildman–Crippen LogP) is 3.97. The summed E-state index contributed by atoms with van der Waals surface area (Å²) in [7, 11) is -3.65. The summed E-state index contributed by atoms with van der Waals surface area (Å²) in [4.78, 5) is 13.0. The zero-order valence-electron chi connectivity index (χ0n) is 16.8. The van der Waals surface area contributed by atoms with Crippen molar-refractivity contribution in [3.8, 4) is 0 Å². The van der Waals surface area contributed by atoms with E-state index in [1.54, 1.807) is 13.0 Å². The number of rotatable bonds is 6. The Hall–Kier alpha value is -2.34. The molecule has 2 aromatic rings. The van der Waals surface area contributed by atoms with Crippen LogP contribution in [0.4, 0.5) is 11.4 Å². The molecule has 0 bridgehead atoms. The Morgan fingerprint density at radius 1 is 1.11 bits per heavy atom. The molecule has 6 heteroatoms. The van der Waals surface area contributed by atoms with Crippen molar-refractivity contribution in [3.63, 3.8) is 0 Å². The van der Waals surface area contributed by atoms with Crippen molar-refractivity contribution in [3.05, 3.63) is 58.7 Å². The van der Waals surface area contributed by atoms with Crippen molar-refractivity contribution >= 4 is 27.3 Å². The number of hydrogen-bond acceptors (Lipinski definition) is 3. The van der Waals surface area contributed by atoms with Crippen molar-refractivity contribution in [1.82, 2.24) is 0 Å². The first-order chi connectivity index (χ1) is 12.6. The van der Waals surface area contributed by atoms with Crippen LogP contribution in [0.15, 0.2) is 36.4 Å². The number of aryl methyl sites for hydroxylation is 4. The molecule has 0 saturated heterocycles. The van der Waals surface area contributed by atoms with Gasteiger partial charge in [0.25, 0.3) is 0 Å². The highest BCUT2D eigenvalue weighted by atomic mass is 32.2. The summed E-state index contributed by atoms with van der Waals surface area (Å²) in [5, 5.41) is 2.94. The second kappa shape index (κ2) is 8.13. The minimum atomic E-state index is -3.65. The van der Waals surface area contributed by atoms with Crippen LogP contribution in [-0.2, 0) is 21.2 Å². The van der Waals surface area contributed by atoms with Gasteiger partial charge in [0.2, 0.25) is 15.9 Å². The maximum atomic E-state index is 13.0.